The van der Waals surface area contributed by atoms with E-state index in [1.54, 1.807) is 24.3 Å². The molecule has 0 radical (unpaired) electrons. The summed E-state index contributed by atoms with van der Waals surface area (Å²) in [6.07, 6.45) is 3.77. The maximum atomic E-state index is 12.0. The van der Waals surface area contributed by atoms with E-state index in [1.807, 2.05) is 0 Å². The molecule has 0 spiro atoms. The molecule has 1 heterocycles. The topological polar surface area (TPSA) is 61.4 Å². The van der Waals surface area contributed by atoms with Crippen LogP contribution in [0, 0.1) is 0 Å². The van der Waals surface area contributed by atoms with Crippen molar-refractivity contribution in [1.82, 2.24) is 10.2 Å². The number of carbonyl (C=O) groups is 2. The van der Waals surface area contributed by atoms with Crippen LogP contribution in [0.5, 0.6) is 0 Å². The molecule has 0 saturated carbocycles. The Morgan fingerprint density at radius 1 is 1.26 bits per heavy atom. The third kappa shape index (κ3) is 5.06. The van der Waals surface area contributed by atoms with Gasteiger partial charge in [0, 0.05) is 29.9 Å². The maximum absolute atomic E-state index is 12.0. The Labute approximate surface area is 138 Å². The molecule has 1 aromatic rings. The first kappa shape index (κ1) is 17.5. The van der Waals surface area contributed by atoms with Crippen LogP contribution in [0.2, 0.25) is 0 Å². The number of likely N-dealkylation sites (tertiary alicyclic amines) is 1. The van der Waals surface area contributed by atoms with Crippen molar-refractivity contribution in [2.75, 3.05) is 18.4 Å². The molecule has 0 aliphatic carbocycles. The van der Waals surface area contributed by atoms with E-state index in [4.69, 9.17) is 0 Å². The minimum absolute atomic E-state index is 0.0190. The summed E-state index contributed by atoms with van der Waals surface area (Å²) in [5.74, 6) is 0.0190. The summed E-state index contributed by atoms with van der Waals surface area (Å²) >= 11 is 0. The van der Waals surface area contributed by atoms with Crippen LogP contribution in [0.3, 0.4) is 0 Å². The third-order valence-electron chi connectivity index (χ3n) is 4.53. The van der Waals surface area contributed by atoms with Crippen LogP contribution in [-0.2, 0) is 0 Å². The second-order valence-electron chi connectivity index (χ2n) is 6.40. The SMILES string of the molecule is CC(=O)c1ccc(NC(=O)NC[C@H](C)N2CCCC[C@H]2C)cc1. The Bertz CT molecular complexity index is 542. The van der Waals surface area contributed by atoms with Crippen molar-refractivity contribution < 1.29 is 9.59 Å². The third-order valence-corrected chi connectivity index (χ3v) is 4.53. The van der Waals surface area contributed by atoms with Crippen LogP contribution >= 0.6 is 0 Å². The Balaban J connectivity index is 1.79. The number of Topliss-reactive ketones (excluding diaryl/α,β-unsaturated/α-hetero) is 1. The molecule has 2 rings (SSSR count). The number of hydrogen-bond donors (Lipinski definition) is 2. The van der Waals surface area contributed by atoms with Gasteiger partial charge in [-0.2, -0.15) is 0 Å². The van der Waals surface area contributed by atoms with E-state index in [9.17, 15) is 9.59 Å². The van der Waals surface area contributed by atoms with Crippen LogP contribution < -0.4 is 10.6 Å². The standard InChI is InChI=1S/C18H27N3O2/c1-13-6-4-5-11-21(13)14(2)12-19-18(23)20-17-9-7-16(8-10-17)15(3)22/h7-10,13-14H,4-6,11-12H2,1-3H3,(H2,19,20,23)/t13-,14+/m1/s1. The van der Waals surface area contributed by atoms with Crippen molar-refractivity contribution in [3.63, 3.8) is 0 Å². The number of nitrogens with one attached hydrogen (secondary N) is 2. The molecular weight excluding hydrogens is 290 g/mol. The number of urea groups is 1. The molecule has 0 bridgehead atoms. The number of nitrogens with zero attached hydrogens (tertiary/aromatic N) is 1. The second-order valence-corrected chi connectivity index (χ2v) is 6.40. The number of carbonyl (C=O) groups excluding carboxylic acids is 2. The van der Waals surface area contributed by atoms with Crippen molar-refractivity contribution in [3.05, 3.63) is 29.8 Å². The van der Waals surface area contributed by atoms with Crippen molar-refractivity contribution in [2.24, 2.45) is 0 Å². The second kappa shape index (κ2) is 8.11. The molecule has 5 heteroatoms. The Morgan fingerprint density at radius 3 is 2.57 bits per heavy atom. The zero-order valence-electron chi connectivity index (χ0n) is 14.3. The number of anilines is 1. The number of piperidine rings is 1. The van der Waals surface area contributed by atoms with Crippen LogP contribution in [0.15, 0.2) is 24.3 Å². The van der Waals surface area contributed by atoms with Crippen LogP contribution in [0.1, 0.15) is 50.4 Å². The minimum Gasteiger partial charge on any atom is -0.336 e. The highest BCUT2D eigenvalue weighted by molar-refractivity contribution is 5.95. The van der Waals surface area contributed by atoms with Gasteiger partial charge in [-0.15, -0.1) is 0 Å². The monoisotopic (exact) mass is 317 g/mol. The normalized spacial score (nSPS) is 19.9. The van der Waals surface area contributed by atoms with Crippen molar-refractivity contribution >= 4 is 17.5 Å². The number of hydrogen-bond acceptors (Lipinski definition) is 3. The average molecular weight is 317 g/mol. The number of amides is 2. The highest BCUT2D eigenvalue weighted by Gasteiger charge is 2.23. The first-order valence-electron chi connectivity index (χ1n) is 8.39. The van der Waals surface area contributed by atoms with E-state index in [-0.39, 0.29) is 11.8 Å². The van der Waals surface area contributed by atoms with E-state index in [2.05, 4.69) is 29.4 Å². The van der Waals surface area contributed by atoms with E-state index < -0.39 is 0 Å². The molecule has 2 atom stereocenters. The lowest BCUT2D eigenvalue weighted by Crippen LogP contribution is -2.49. The van der Waals surface area contributed by atoms with Gasteiger partial charge in [0.05, 0.1) is 0 Å². The van der Waals surface area contributed by atoms with Crippen LogP contribution in [0.4, 0.5) is 10.5 Å². The molecule has 0 aromatic heterocycles. The van der Waals surface area contributed by atoms with Gasteiger partial charge in [0.15, 0.2) is 5.78 Å². The number of rotatable bonds is 5. The van der Waals surface area contributed by atoms with Crippen molar-refractivity contribution in [3.8, 4) is 0 Å². The smallest absolute Gasteiger partial charge is 0.319 e. The lowest BCUT2D eigenvalue weighted by atomic mass is 10.0. The molecule has 1 aliphatic rings. The Kier molecular flexibility index (Phi) is 6.16. The van der Waals surface area contributed by atoms with Gasteiger partial charge in [-0.05, 0) is 64.4 Å². The molecule has 126 valence electrons. The van der Waals surface area contributed by atoms with E-state index in [1.165, 1.54) is 26.2 Å². The van der Waals surface area contributed by atoms with Gasteiger partial charge < -0.3 is 10.6 Å². The molecule has 5 nitrogen and oxygen atoms in total. The predicted octanol–water partition coefficient (Wildman–Crippen LogP) is 3.27. The van der Waals surface area contributed by atoms with Crippen LogP contribution in [0.25, 0.3) is 0 Å². The van der Waals surface area contributed by atoms with Gasteiger partial charge in [-0.25, -0.2) is 4.79 Å². The van der Waals surface area contributed by atoms with Gasteiger partial charge in [-0.1, -0.05) is 6.42 Å². The molecule has 0 unspecified atom stereocenters. The summed E-state index contributed by atoms with van der Waals surface area (Å²) < 4.78 is 0. The quantitative estimate of drug-likeness (QED) is 0.819. The summed E-state index contributed by atoms with van der Waals surface area (Å²) in [7, 11) is 0. The predicted molar refractivity (Wildman–Crippen MR) is 92.9 cm³/mol. The molecule has 1 aliphatic heterocycles. The van der Waals surface area contributed by atoms with Crippen LogP contribution in [-0.4, -0.2) is 41.9 Å². The fraction of sp³-hybridized carbons (Fsp3) is 0.556. The molecule has 1 fully saturated rings. The van der Waals surface area contributed by atoms with Gasteiger partial charge in [0.2, 0.25) is 0 Å². The Morgan fingerprint density at radius 2 is 1.96 bits per heavy atom. The largest absolute Gasteiger partial charge is 0.336 e. The summed E-state index contributed by atoms with van der Waals surface area (Å²) in [6, 6.07) is 7.63. The van der Waals surface area contributed by atoms with Gasteiger partial charge in [0.25, 0.3) is 0 Å². The zero-order valence-corrected chi connectivity index (χ0v) is 14.3. The fourth-order valence-corrected chi connectivity index (χ4v) is 3.10. The minimum atomic E-state index is -0.211. The van der Waals surface area contributed by atoms with E-state index in [0.717, 1.165) is 6.54 Å². The number of ketones is 1. The highest BCUT2D eigenvalue weighted by atomic mass is 16.2. The first-order valence-corrected chi connectivity index (χ1v) is 8.39. The number of benzene rings is 1. The van der Waals surface area contributed by atoms with E-state index in [0.29, 0.717) is 29.9 Å². The summed E-state index contributed by atoms with van der Waals surface area (Å²) in [5, 5.41) is 5.73. The summed E-state index contributed by atoms with van der Waals surface area (Å²) in [5.41, 5.74) is 1.33. The molecule has 23 heavy (non-hydrogen) atoms. The zero-order chi connectivity index (χ0) is 16.8. The Hall–Kier alpha value is -1.88. The van der Waals surface area contributed by atoms with E-state index >= 15 is 0 Å². The summed E-state index contributed by atoms with van der Waals surface area (Å²) in [6.45, 7) is 7.67. The van der Waals surface area contributed by atoms with Gasteiger partial charge in [0.1, 0.15) is 0 Å². The summed E-state index contributed by atoms with van der Waals surface area (Å²) in [4.78, 5) is 25.7. The lowest BCUT2D eigenvalue weighted by Gasteiger charge is -2.38. The maximum Gasteiger partial charge on any atom is 0.319 e. The molecule has 2 N–H and O–H groups in total. The fourth-order valence-electron chi connectivity index (χ4n) is 3.10. The molecule has 2 amide bonds. The van der Waals surface area contributed by atoms with Gasteiger partial charge >= 0.3 is 6.03 Å². The van der Waals surface area contributed by atoms with Gasteiger partial charge in [-0.3, -0.25) is 9.69 Å². The average Bonchev–Trinajstić information content (AvgIpc) is 2.53. The molecule has 1 aromatic carbocycles. The first-order chi connectivity index (χ1) is 11.0. The highest BCUT2D eigenvalue weighted by Crippen LogP contribution is 2.18. The lowest BCUT2D eigenvalue weighted by molar-refractivity contribution is 0.101. The van der Waals surface area contributed by atoms with Crippen molar-refractivity contribution in [2.45, 2.75) is 52.1 Å². The van der Waals surface area contributed by atoms with Crippen molar-refractivity contribution in [1.29, 1.82) is 0 Å². The molecule has 1 saturated heterocycles. The molecular formula is C18H27N3O2.